The SMILES string of the molecule is Cc1cc(C)cc(C(=O)N2CC[C@H](N3CCCCC3)C[C@H]2Cc2ccccc2)c1. The number of rotatable bonds is 4. The van der Waals surface area contributed by atoms with Crippen molar-refractivity contribution in [3.05, 3.63) is 70.8 Å². The highest BCUT2D eigenvalue weighted by Crippen LogP contribution is 2.28. The molecule has 29 heavy (non-hydrogen) atoms. The molecule has 0 unspecified atom stereocenters. The molecule has 2 aromatic rings. The van der Waals surface area contributed by atoms with Crippen molar-refractivity contribution in [2.45, 2.75) is 64.5 Å². The lowest BCUT2D eigenvalue weighted by Gasteiger charge is -2.45. The molecular weight excluding hydrogens is 356 g/mol. The van der Waals surface area contributed by atoms with Crippen LogP contribution >= 0.6 is 0 Å². The fourth-order valence-electron chi connectivity index (χ4n) is 5.26. The first-order chi connectivity index (χ1) is 14.1. The molecule has 0 bridgehead atoms. The van der Waals surface area contributed by atoms with Gasteiger partial charge in [0.15, 0.2) is 0 Å². The van der Waals surface area contributed by atoms with Gasteiger partial charge in [0, 0.05) is 24.2 Å². The van der Waals surface area contributed by atoms with E-state index in [-0.39, 0.29) is 11.9 Å². The fraction of sp³-hybridized carbons (Fsp3) is 0.500. The Morgan fingerprint density at radius 3 is 2.31 bits per heavy atom. The van der Waals surface area contributed by atoms with Crippen molar-refractivity contribution in [2.75, 3.05) is 19.6 Å². The number of carbonyl (C=O) groups excluding carboxylic acids is 1. The van der Waals surface area contributed by atoms with E-state index in [2.05, 4.69) is 60.0 Å². The average Bonchev–Trinajstić information content (AvgIpc) is 2.74. The Morgan fingerprint density at radius 1 is 0.931 bits per heavy atom. The van der Waals surface area contributed by atoms with Gasteiger partial charge in [-0.05, 0) is 76.7 Å². The number of hydrogen-bond donors (Lipinski definition) is 0. The van der Waals surface area contributed by atoms with Crippen LogP contribution in [-0.2, 0) is 6.42 Å². The summed E-state index contributed by atoms with van der Waals surface area (Å²) in [6.07, 6.45) is 7.15. The maximum Gasteiger partial charge on any atom is 0.254 e. The van der Waals surface area contributed by atoms with E-state index in [9.17, 15) is 4.79 Å². The minimum absolute atomic E-state index is 0.204. The Kier molecular flexibility index (Phi) is 6.34. The molecule has 0 spiro atoms. The second kappa shape index (κ2) is 9.13. The van der Waals surface area contributed by atoms with Crippen molar-refractivity contribution in [3.8, 4) is 0 Å². The molecule has 2 aromatic carbocycles. The van der Waals surface area contributed by atoms with Gasteiger partial charge < -0.3 is 9.80 Å². The second-order valence-electron chi connectivity index (χ2n) is 8.99. The summed E-state index contributed by atoms with van der Waals surface area (Å²) >= 11 is 0. The van der Waals surface area contributed by atoms with Crippen LogP contribution < -0.4 is 0 Å². The highest BCUT2D eigenvalue weighted by atomic mass is 16.2. The van der Waals surface area contributed by atoms with Gasteiger partial charge in [-0.3, -0.25) is 4.79 Å². The largest absolute Gasteiger partial charge is 0.335 e. The zero-order valence-electron chi connectivity index (χ0n) is 17.9. The Morgan fingerprint density at radius 2 is 1.62 bits per heavy atom. The first-order valence-electron chi connectivity index (χ1n) is 11.3. The summed E-state index contributed by atoms with van der Waals surface area (Å²) in [5.41, 5.74) is 4.50. The zero-order valence-corrected chi connectivity index (χ0v) is 17.9. The lowest BCUT2D eigenvalue weighted by molar-refractivity contribution is 0.0396. The number of piperidine rings is 2. The van der Waals surface area contributed by atoms with Crippen molar-refractivity contribution in [3.63, 3.8) is 0 Å². The molecule has 2 saturated heterocycles. The van der Waals surface area contributed by atoms with Crippen LogP contribution in [0.25, 0.3) is 0 Å². The van der Waals surface area contributed by atoms with Crippen LogP contribution in [-0.4, -0.2) is 47.4 Å². The number of carbonyl (C=O) groups is 1. The Labute approximate surface area is 175 Å². The summed E-state index contributed by atoms with van der Waals surface area (Å²) in [5, 5.41) is 0. The van der Waals surface area contributed by atoms with Crippen molar-refractivity contribution < 1.29 is 4.79 Å². The van der Waals surface area contributed by atoms with Crippen LogP contribution in [0.1, 0.15) is 59.2 Å². The number of nitrogens with zero attached hydrogens (tertiary/aromatic N) is 2. The first kappa shape index (κ1) is 20.2. The molecule has 2 fully saturated rings. The van der Waals surface area contributed by atoms with Gasteiger partial charge in [0.05, 0.1) is 0 Å². The van der Waals surface area contributed by atoms with Crippen LogP contribution in [0.15, 0.2) is 48.5 Å². The van der Waals surface area contributed by atoms with Gasteiger partial charge in [0.25, 0.3) is 5.91 Å². The maximum atomic E-state index is 13.5. The summed E-state index contributed by atoms with van der Waals surface area (Å²) in [6, 6.07) is 17.8. The van der Waals surface area contributed by atoms with Gasteiger partial charge in [0.1, 0.15) is 0 Å². The summed E-state index contributed by atoms with van der Waals surface area (Å²) < 4.78 is 0. The predicted octanol–water partition coefficient (Wildman–Crippen LogP) is 5.01. The molecule has 1 amide bonds. The molecule has 0 aliphatic carbocycles. The maximum absolute atomic E-state index is 13.5. The van der Waals surface area contributed by atoms with Crippen molar-refractivity contribution >= 4 is 5.91 Å². The molecule has 2 heterocycles. The van der Waals surface area contributed by atoms with E-state index in [4.69, 9.17) is 0 Å². The lowest BCUT2D eigenvalue weighted by Crippen LogP contribution is -2.53. The van der Waals surface area contributed by atoms with E-state index in [0.29, 0.717) is 6.04 Å². The smallest absolute Gasteiger partial charge is 0.254 e. The third-order valence-corrected chi connectivity index (χ3v) is 6.64. The molecule has 3 nitrogen and oxygen atoms in total. The molecule has 0 N–H and O–H groups in total. The minimum Gasteiger partial charge on any atom is -0.335 e. The molecule has 0 aromatic heterocycles. The average molecular weight is 391 g/mol. The number of amides is 1. The van der Waals surface area contributed by atoms with Gasteiger partial charge >= 0.3 is 0 Å². The number of aryl methyl sites for hydroxylation is 2. The summed E-state index contributed by atoms with van der Waals surface area (Å²) in [7, 11) is 0. The van der Waals surface area contributed by atoms with E-state index in [0.717, 1.165) is 42.5 Å². The van der Waals surface area contributed by atoms with Gasteiger partial charge in [-0.1, -0.05) is 53.9 Å². The van der Waals surface area contributed by atoms with E-state index in [1.165, 1.54) is 37.9 Å². The molecule has 0 saturated carbocycles. The Hall–Kier alpha value is -2.13. The van der Waals surface area contributed by atoms with Gasteiger partial charge in [0.2, 0.25) is 0 Å². The third kappa shape index (κ3) is 4.90. The summed E-state index contributed by atoms with van der Waals surface area (Å²) in [6.45, 7) is 7.48. The number of likely N-dealkylation sites (tertiary alicyclic amines) is 2. The van der Waals surface area contributed by atoms with Gasteiger partial charge in [-0.15, -0.1) is 0 Å². The predicted molar refractivity (Wildman–Crippen MR) is 119 cm³/mol. The third-order valence-electron chi connectivity index (χ3n) is 6.64. The summed E-state index contributed by atoms with van der Waals surface area (Å²) in [4.78, 5) is 18.4. The first-order valence-corrected chi connectivity index (χ1v) is 11.3. The Balaban J connectivity index is 1.56. The molecule has 2 aliphatic heterocycles. The van der Waals surface area contributed by atoms with Gasteiger partial charge in [-0.25, -0.2) is 0 Å². The highest BCUT2D eigenvalue weighted by molar-refractivity contribution is 5.95. The quantitative estimate of drug-likeness (QED) is 0.733. The van der Waals surface area contributed by atoms with Crippen molar-refractivity contribution in [1.29, 1.82) is 0 Å². The van der Waals surface area contributed by atoms with E-state index >= 15 is 0 Å². The standard InChI is InChI=1S/C26H34N2O/c1-20-15-21(2)17-23(16-20)26(29)28-14-11-24(27-12-7-4-8-13-27)19-25(28)18-22-9-5-3-6-10-22/h3,5-6,9-10,15-17,24-25H,4,7-8,11-14,18-19H2,1-2H3/t24-,25+/m0/s1. The zero-order chi connectivity index (χ0) is 20.2. The fourth-order valence-corrected chi connectivity index (χ4v) is 5.26. The molecule has 2 atom stereocenters. The molecule has 4 rings (SSSR count). The molecule has 2 aliphatic rings. The van der Waals surface area contributed by atoms with Crippen molar-refractivity contribution in [1.82, 2.24) is 9.80 Å². The molecular formula is C26H34N2O. The van der Waals surface area contributed by atoms with E-state index in [1.807, 2.05) is 12.1 Å². The van der Waals surface area contributed by atoms with E-state index < -0.39 is 0 Å². The van der Waals surface area contributed by atoms with Crippen molar-refractivity contribution in [2.24, 2.45) is 0 Å². The van der Waals surface area contributed by atoms with Crippen LogP contribution in [0.3, 0.4) is 0 Å². The monoisotopic (exact) mass is 390 g/mol. The normalized spacial score (nSPS) is 23.2. The highest BCUT2D eigenvalue weighted by Gasteiger charge is 2.35. The Bertz CT molecular complexity index is 806. The lowest BCUT2D eigenvalue weighted by atomic mass is 9.89. The number of hydrogen-bond acceptors (Lipinski definition) is 2. The van der Waals surface area contributed by atoms with Gasteiger partial charge in [-0.2, -0.15) is 0 Å². The van der Waals surface area contributed by atoms with Crippen LogP contribution in [0.4, 0.5) is 0 Å². The minimum atomic E-state index is 0.204. The summed E-state index contributed by atoms with van der Waals surface area (Å²) in [5.74, 6) is 0.204. The molecule has 3 heteroatoms. The second-order valence-corrected chi connectivity index (χ2v) is 8.99. The topological polar surface area (TPSA) is 23.6 Å². The van der Waals surface area contributed by atoms with Crippen LogP contribution in [0.5, 0.6) is 0 Å². The van der Waals surface area contributed by atoms with E-state index in [1.54, 1.807) is 0 Å². The number of benzene rings is 2. The molecule has 154 valence electrons. The van der Waals surface area contributed by atoms with Crippen LogP contribution in [0, 0.1) is 13.8 Å². The molecule has 0 radical (unpaired) electrons. The van der Waals surface area contributed by atoms with Crippen LogP contribution in [0.2, 0.25) is 0 Å².